The monoisotopic (exact) mass is 370 g/mol. The molecule has 0 aromatic carbocycles. The van der Waals surface area contributed by atoms with Crippen LogP contribution in [-0.4, -0.2) is 35.8 Å². The van der Waals surface area contributed by atoms with Crippen molar-refractivity contribution in [3.63, 3.8) is 0 Å². The number of imidazole rings is 1. The van der Waals surface area contributed by atoms with Gasteiger partial charge in [-0.2, -0.15) is 0 Å². The van der Waals surface area contributed by atoms with Gasteiger partial charge in [0.15, 0.2) is 29.6 Å². The molecular weight excluding hydrogens is 351 g/mol. The van der Waals surface area contributed by atoms with Crippen molar-refractivity contribution in [2.45, 2.75) is 25.4 Å². The van der Waals surface area contributed by atoms with E-state index >= 15 is 0 Å². The molecule has 140 valence electrons. The number of nitrogens with two attached hydrogens (primary N) is 2. The van der Waals surface area contributed by atoms with E-state index in [1.165, 1.54) is 0 Å². The lowest BCUT2D eigenvalue weighted by atomic mass is 10.1. The molecule has 0 amide bonds. The molecule has 10 nitrogen and oxygen atoms in total. The SMILES string of the molecule is CC(c1ncc(F)cn1)N1c2nccnc2C(N)N(c2cn(C)cn2)C1N. The van der Waals surface area contributed by atoms with Gasteiger partial charge in [-0.15, -0.1) is 0 Å². The zero-order valence-corrected chi connectivity index (χ0v) is 14.8. The Kier molecular flexibility index (Phi) is 4.16. The highest BCUT2D eigenvalue weighted by atomic mass is 19.1. The highest BCUT2D eigenvalue weighted by Crippen LogP contribution is 2.38. The number of halogens is 1. The molecule has 3 aromatic heterocycles. The molecule has 4 N–H and O–H groups in total. The van der Waals surface area contributed by atoms with Gasteiger partial charge >= 0.3 is 0 Å². The summed E-state index contributed by atoms with van der Waals surface area (Å²) in [7, 11) is 1.86. The molecule has 0 radical (unpaired) electrons. The first kappa shape index (κ1) is 17.2. The summed E-state index contributed by atoms with van der Waals surface area (Å²) in [5.74, 6) is 1.03. The van der Waals surface area contributed by atoms with Gasteiger partial charge < -0.3 is 20.1 Å². The summed E-state index contributed by atoms with van der Waals surface area (Å²) in [6.07, 6.45) is 7.53. The smallest absolute Gasteiger partial charge is 0.159 e. The summed E-state index contributed by atoms with van der Waals surface area (Å²) in [6.45, 7) is 1.86. The van der Waals surface area contributed by atoms with Gasteiger partial charge in [0.2, 0.25) is 0 Å². The first-order valence-corrected chi connectivity index (χ1v) is 8.31. The van der Waals surface area contributed by atoms with Gasteiger partial charge in [0.25, 0.3) is 0 Å². The average Bonchev–Trinajstić information content (AvgIpc) is 3.08. The van der Waals surface area contributed by atoms with E-state index in [-0.39, 0.29) is 0 Å². The highest BCUT2D eigenvalue weighted by molar-refractivity contribution is 5.57. The minimum Gasteiger partial charge on any atom is -0.338 e. The van der Waals surface area contributed by atoms with Gasteiger partial charge in [0.05, 0.1) is 24.8 Å². The number of hydrogen-bond donors (Lipinski definition) is 2. The van der Waals surface area contributed by atoms with E-state index in [9.17, 15) is 4.39 Å². The Balaban J connectivity index is 1.81. The Morgan fingerprint density at radius 3 is 2.44 bits per heavy atom. The maximum atomic E-state index is 13.2. The zero-order chi connectivity index (χ0) is 19.1. The van der Waals surface area contributed by atoms with Crippen LogP contribution < -0.4 is 21.3 Å². The summed E-state index contributed by atoms with van der Waals surface area (Å²) < 4.78 is 15.0. The number of aryl methyl sites for hydroxylation is 1. The van der Waals surface area contributed by atoms with Gasteiger partial charge in [-0.3, -0.25) is 10.7 Å². The van der Waals surface area contributed by atoms with Crippen molar-refractivity contribution < 1.29 is 4.39 Å². The lowest BCUT2D eigenvalue weighted by molar-refractivity contribution is 0.426. The van der Waals surface area contributed by atoms with E-state index < -0.39 is 24.3 Å². The van der Waals surface area contributed by atoms with Crippen LogP contribution in [0.15, 0.2) is 37.3 Å². The van der Waals surface area contributed by atoms with E-state index in [0.717, 1.165) is 12.4 Å². The van der Waals surface area contributed by atoms with E-state index in [1.807, 2.05) is 20.2 Å². The lowest BCUT2D eigenvalue weighted by Gasteiger charge is -2.47. The van der Waals surface area contributed by atoms with Gasteiger partial charge in [-0.25, -0.2) is 24.3 Å². The van der Waals surface area contributed by atoms with Gasteiger partial charge in [-0.1, -0.05) is 0 Å². The van der Waals surface area contributed by atoms with Crippen molar-refractivity contribution in [3.8, 4) is 0 Å². The maximum Gasteiger partial charge on any atom is 0.159 e. The van der Waals surface area contributed by atoms with Crippen molar-refractivity contribution in [2.24, 2.45) is 18.5 Å². The van der Waals surface area contributed by atoms with Gasteiger partial charge in [0.1, 0.15) is 11.9 Å². The minimum atomic E-state index is -0.706. The second kappa shape index (κ2) is 6.52. The van der Waals surface area contributed by atoms with Crippen LogP contribution in [0.2, 0.25) is 0 Å². The summed E-state index contributed by atoms with van der Waals surface area (Å²) in [5, 5.41) is 0. The van der Waals surface area contributed by atoms with Gasteiger partial charge in [-0.05, 0) is 6.92 Å². The Hall–Kier alpha value is -3.18. The van der Waals surface area contributed by atoms with Crippen LogP contribution in [0.3, 0.4) is 0 Å². The number of fused-ring (bicyclic) bond motifs is 1. The first-order valence-electron chi connectivity index (χ1n) is 8.31. The van der Waals surface area contributed by atoms with Crippen molar-refractivity contribution in [1.82, 2.24) is 29.5 Å². The van der Waals surface area contributed by atoms with Crippen LogP contribution in [0.5, 0.6) is 0 Å². The third-order valence-corrected chi connectivity index (χ3v) is 4.49. The Labute approximate surface area is 154 Å². The summed E-state index contributed by atoms with van der Waals surface area (Å²) in [5.41, 5.74) is 13.5. The molecule has 0 spiro atoms. The average molecular weight is 370 g/mol. The Morgan fingerprint density at radius 2 is 1.78 bits per heavy atom. The molecule has 0 saturated heterocycles. The second-order valence-corrected chi connectivity index (χ2v) is 6.27. The number of nitrogens with zero attached hydrogens (tertiary/aromatic N) is 8. The number of anilines is 2. The van der Waals surface area contributed by atoms with Crippen LogP contribution in [0.4, 0.5) is 16.0 Å². The molecule has 0 saturated carbocycles. The molecule has 3 aromatic rings. The van der Waals surface area contributed by atoms with Crippen molar-refractivity contribution >= 4 is 11.6 Å². The second-order valence-electron chi connectivity index (χ2n) is 6.27. The van der Waals surface area contributed by atoms with Crippen molar-refractivity contribution in [2.75, 3.05) is 9.80 Å². The Bertz CT molecular complexity index is 942. The van der Waals surface area contributed by atoms with E-state index in [0.29, 0.717) is 23.2 Å². The van der Waals surface area contributed by atoms with Crippen LogP contribution in [0.1, 0.15) is 30.6 Å². The highest BCUT2D eigenvalue weighted by Gasteiger charge is 2.41. The molecule has 0 fully saturated rings. The quantitative estimate of drug-likeness (QED) is 0.674. The summed E-state index contributed by atoms with van der Waals surface area (Å²) >= 11 is 0. The molecule has 0 bridgehead atoms. The first-order chi connectivity index (χ1) is 13.0. The molecular formula is C16H19FN10. The molecule has 4 rings (SSSR count). The lowest BCUT2D eigenvalue weighted by Crippen LogP contribution is -2.62. The molecule has 3 atom stereocenters. The minimum absolute atomic E-state index is 0.403. The third-order valence-electron chi connectivity index (χ3n) is 4.49. The largest absolute Gasteiger partial charge is 0.338 e. The van der Waals surface area contributed by atoms with E-state index in [2.05, 4.69) is 24.9 Å². The van der Waals surface area contributed by atoms with Crippen LogP contribution in [0, 0.1) is 5.82 Å². The number of rotatable bonds is 3. The fraction of sp³-hybridized carbons (Fsp3) is 0.312. The number of hydrogen-bond acceptors (Lipinski definition) is 9. The fourth-order valence-corrected chi connectivity index (χ4v) is 3.19. The molecule has 1 aliphatic rings. The zero-order valence-electron chi connectivity index (χ0n) is 14.8. The summed E-state index contributed by atoms with van der Waals surface area (Å²) in [6, 6.07) is -0.408. The van der Waals surface area contributed by atoms with Crippen LogP contribution in [-0.2, 0) is 7.05 Å². The van der Waals surface area contributed by atoms with Crippen LogP contribution >= 0.6 is 0 Å². The predicted molar refractivity (Wildman–Crippen MR) is 95.5 cm³/mol. The van der Waals surface area contributed by atoms with Crippen LogP contribution in [0.25, 0.3) is 0 Å². The van der Waals surface area contributed by atoms with Gasteiger partial charge in [0, 0.05) is 25.6 Å². The molecule has 4 heterocycles. The molecule has 1 aliphatic heterocycles. The molecule has 3 unspecified atom stereocenters. The topological polar surface area (TPSA) is 128 Å². The summed E-state index contributed by atoms with van der Waals surface area (Å²) in [4.78, 5) is 24.9. The fourth-order valence-electron chi connectivity index (χ4n) is 3.19. The normalized spacial score (nSPS) is 20.5. The third kappa shape index (κ3) is 2.86. The molecule has 27 heavy (non-hydrogen) atoms. The Morgan fingerprint density at radius 1 is 1.07 bits per heavy atom. The van der Waals surface area contributed by atoms with E-state index in [1.54, 1.807) is 33.1 Å². The van der Waals surface area contributed by atoms with Crippen molar-refractivity contribution in [3.05, 3.63) is 54.6 Å². The standard InChI is InChI=1S/C16H19FN10/c1-9(14-22-5-10(17)6-23-14)26-15-12(20-3-4-21-15)13(18)27(16(26)19)11-7-25(2)8-24-11/h3-9,13,16H,18-19H2,1-2H3. The molecule has 0 aliphatic carbocycles. The number of aromatic nitrogens is 6. The molecule has 11 heteroatoms. The maximum absolute atomic E-state index is 13.2. The predicted octanol–water partition coefficient (Wildman–Crippen LogP) is 0.427. The van der Waals surface area contributed by atoms with E-state index in [4.69, 9.17) is 11.5 Å². The van der Waals surface area contributed by atoms with Crippen molar-refractivity contribution in [1.29, 1.82) is 0 Å².